The van der Waals surface area contributed by atoms with E-state index in [2.05, 4.69) is 4.74 Å². The molecule has 0 N–H and O–H groups in total. The minimum Gasteiger partial charge on any atom is -0.496 e. The second-order valence-electron chi connectivity index (χ2n) is 6.14. The van der Waals surface area contributed by atoms with Crippen molar-refractivity contribution in [1.82, 2.24) is 0 Å². The number of halogens is 7. The fourth-order valence-corrected chi connectivity index (χ4v) is 2.44. The predicted octanol–water partition coefficient (Wildman–Crippen LogP) is 5.26. The minimum absolute atomic E-state index is 0.206. The molecule has 0 radical (unpaired) electrons. The summed E-state index contributed by atoms with van der Waals surface area (Å²) < 4.78 is 103. The third-order valence-electron chi connectivity index (χ3n) is 3.58. The summed E-state index contributed by atoms with van der Waals surface area (Å²) in [5.41, 5.74) is -7.38. The van der Waals surface area contributed by atoms with Crippen LogP contribution in [0.25, 0.3) is 0 Å². The lowest BCUT2D eigenvalue weighted by molar-refractivity contribution is -0.413. The topological polar surface area (TPSA) is 18.5 Å². The van der Waals surface area contributed by atoms with Crippen LogP contribution in [0.15, 0.2) is 18.2 Å². The Hall–Kier alpha value is -1.51. The molecule has 0 saturated carbocycles. The fraction of sp³-hybridized carbons (Fsp3) is 0.600. The Morgan fingerprint density at radius 3 is 1.79 bits per heavy atom. The van der Waals surface area contributed by atoms with Crippen LogP contribution in [-0.4, -0.2) is 25.1 Å². The Bertz CT molecular complexity index is 535. The summed E-state index contributed by atoms with van der Waals surface area (Å²) in [4.78, 5) is 0. The maximum atomic E-state index is 13.8. The van der Waals surface area contributed by atoms with E-state index in [0.717, 1.165) is 33.9 Å². The Balaban J connectivity index is 3.41. The van der Waals surface area contributed by atoms with Crippen LogP contribution in [0, 0.1) is 11.2 Å². The molecular weight excluding hydrogens is 345 g/mol. The van der Waals surface area contributed by atoms with Crippen molar-refractivity contribution in [3.63, 3.8) is 0 Å². The molecule has 1 aromatic rings. The number of hydrogen-bond donors (Lipinski definition) is 0. The number of methoxy groups -OCH3 is 1. The monoisotopic (exact) mass is 362 g/mol. The zero-order valence-corrected chi connectivity index (χ0v) is 13.4. The van der Waals surface area contributed by atoms with Crippen molar-refractivity contribution < 1.29 is 40.2 Å². The van der Waals surface area contributed by atoms with Crippen molar-refractivity contribution in [2.75, 3.05) is 7.11 Å². The summed E-state index contributed by atoms with van der Waals surface area (Å²) in [5.74, 6) is -1.23. The average molecular weight is 362 g/mol. The third kappa shape index (κ3) is 3.45. The number of alkyl halides is 6. The Labute approximate surface area is 134 Å². The first-order valence-electron chi connectivity index (χ1n) is 6.78. The van der Waals surface area contributed by atoms with Gasteiger partial charge < -0.3 is 9.47 Å². The van der Waals surface area contributed by atoms with E-state index in [4.69, 9.17) is 4.74 Å². The van der Waals surface area contributed by atoms with Crippen LogP contribution in [0.3, 0.4) is 0 Å². The summed E-state index contributed by atoms with van der Waals surface area (Å²) in [6.45, 7) is 1.01. The van der Waals surface area contributed by atoms with E-state index in [0.29, 0.717) is 0 Å². The third-order valence-corrected chi connectivity index (χ3v) is 3.58. The second-order valence-corrected chi connectivity index (χ2v) is 6.14. The average Bonchev–Trinajstić information content (AvgIpc) is 2.35. The molecule has 0 fully saturated rings. The summed E-state index contributed by atoms with van der Waals surface area (Å²) in [6, 6.07) is 3.31. The van der Waals surface area contributed by atoms with E-state index in [1.807, 2.05) is 0 Å². The molecule has 1 aromatic carbocycles. The van der Waals surface area contributed by atoms with Gasteiger partial charge in [-0.1, -0.05) is 26.8 Å². The van der Waals surface area contributed by atoms with Gasteiger partial charge in [0, 0.05) is 5.41 Å². The SMILES string of the molecule is COc1cccc(F)c1COC(C(C)(C)C)(C(F)(F)F)C(F)(F)F. The number of benzene rings is 1. The highest BCUT2D eigenvalue weighted by Crippen LogP contribution is 2.55. The van der Waals surface area contributed by atoms with Gasteiger partial charge in [0.05, 0.1) is 19.3 Å². The van der Waals surface area contributed by atoms with E-state index >= 15 is 0 Å². The quantitative estimate of drug-likeness (QED) is 0.680. The minimum atomic E-state index is -5.76. The van der Waals surface area contributed by atoms with Gasteiger partial charge >= 0.3 is 12.4 Å². The molecule has 0 bridgehead atoms. The highest BCUT2D eigenvalue weighted by molar-refractivity contribution is 5.34. The van der Waals surface area contributed by atoms with Crippen LogP contribution < -0.4 is 4.74 Å². The maximum absolute atomic E-state index is 13.8. The molecule has 0 aliphatic carbocycles. The molecule has 24 heavy (non-hydrogen) atoms. The molecule has 1 rings (SSSR count). The highest BCUT2D eigenvalue weighted by atomic mass is 19.4. The van der Waals surface area contributed by atoms with Crippen LogP contribution in [-0.2, 0) is 11.3 Å². The Kier molecular flexibility index (Phi) is 5.49. The number of ether oxygens (including phenoxy) is 2. The first-order chi connectivity index (χ1) is 10.7. The Morgan fingerprint density at radius 2 is 1.42 bits per heavy atom. The molecule has 2 nitrogen and oxygen atoms in total. The van der Waals surface area contributed by atoms with Gasteiger partial charge in [-0.2, -0.15) is 26.3 Å². The summed E-state index contributed by atoms with van der Waals surface area (Å²) in [5, 5.41) is 0. The van der Waals surface area contributed by atoms with E-state index in [1.54, 1.807) is 0 Å². The first-order valence-corrected chi connectivity index (χ1v) is 6.78. The fourth-order valence-electron chi connectivity index (χ4n) is 2.44. The van der Waals surface area contributed by atoms with E-state index < -0.39 is 41.4 Å². The van der Waals surface area contributed by atoms with Gasteiger partial charge in [0.25, 0.3) is 5.60 Å². The molecule has 0 unspecified atom stereocenters. The van der Waals surface area contributed by atoms with Gasteiger partial charge in [0.1, 0.15) is 11.6 Å². The van der Waals surface area contributed by atoms with Gasteiger partial charge in [-0.25, -0.2) is 4.39 Å². The summed E-state index contributed by atoms with van der Waals surface area (Å²) >= 11 is 0. The van der Waals surface area contributed by atoms with Crippen LogP contribution in [0.5, 0.6) is 5.75 Å². The van der Waals surface area contributed by atoms with Gasteiger partial charge in [-0.15, -0.1) is 0 Å². The van der Waals surface area contributed by atoms with Crippen molar-refractivity contribution >= 4 is 0 Å². The van der Waals surface area contributed by atoms with Crippen molar-refractivity contribution in [2.45, 2.75) is 45.3 Å². The summed E-state index contributed by atoms with van der Waals surface area (Å²) in [6.07, 6.45) is -11.5. The van der Waals surface area contributed by atoms with Crippen LogP contribution in [0.2, 0.25) is 0 Å². The zero-order chi connectivity index (χ0) is 19.0. The number of hydrogen-bond acceptors (Lipinski definition) is 2. The number of rotatable bonds is 4. The lowest BCUT2D eigenvalue weighted by atomic mass is 9.75. The van der Waals surface area contributed by atoms with Gasteiger partial charge in [0.15, 0.2) is 0 Å². The molecule has 0 amide bonds. The largest absolute Gasteiger partial charge is 0.496 e. The molecule has 0 aliphatic rings. The molecule has 0 atom stereocenters. The molecular formula is C15H17F7O2. The smallest absolute Gasteiger partial charge is 0.427 e. The van der Waals surface area contributed by atoms with Gasteiger partial charge in [0.2, 0.25) is 0 Å². The van der Waals surface area contributed by atoms with Crippen LogP contribution in [0.4, 0.5) is 30.7 Å². The normalized spacial score (nSPS) is 14.0. The molecule has 9 heteroatoms. The van der Waals surface area contributed by atoms with Crippen molar-refractivity contribution in [1.29, 1.82) is 0 Å². The zero-order valence-electron chi connectivity index (χ0n) is 13.4. The van der Waals surface area contributed by atoms with Crippen LogP contribution in [0.1, 0.15) is 26.3 Å². The lowest BCUT2D eigenvalue weighted by Crippen LogP contribution is -2.66. The van der Waals surface area contributed by atoms with Gasteiger partial charge in [-0.05, 0) is 12.1 Å². The van der Waals surface area contributed by atoms with Crippen LogP contribution >= 0.6 is 0 Å². The molecule has 138 valence electrons. The molecule has 0 saturated heterocycles. The first kappa shape index (κ1) is 20.5. The predicted molar refractivity (Wildman–Crippen MR) is 72.0 cm³/mol. The molecule has 0 spiro atoms. The molecule has 0 aliphatic heterocycles. The highest BCUT2D eigenvalue weighted by Gasteiger charge is 2.77. The lowest BCUT2D eigenvalue weighted by Gasteiger charge is -2.46. The maximum Gasteiger partial charge on any atom is 0.427 e. The molecule has 0 aromatic heterocycles. The standard InChI is InChI=1S/C15H17F7O2/c1-12(2,3)13(14(17,18)19,15(20,21)22)24-8-9-10(16)6-5-7-11(9)23-4/h5-7H,8H2,1-4H3. The van der Waals surface area contributed by atoms with E-state index in [9.17, 15) is 30.7 Å². The molecule has 0 heterocycles. The van der Waals surface area contributed by atoms with Crippen molar-refractivity contribution in [2.24, 2.45) is 5.41 Å². The van der Waals surface area contributed by atoms with Crippen molar-refractivity contribution in [3.05, 3.63) is 29.6 Å². The van der Waals surface area contributed by atoms with Gasteiger partial charge in [-0.3, -0.25) is 0 Å². The second kappa shape index (κ2) is 6.42. The van der Waals surface area contributed by atoms with E-state index in [-0.39, 0.29) is 5.75 Å². The van der Waals surface area contributed by atoms with E-state index in [1.165, 1.54) is 12.1 Å². The summed E-state index contributed by atoms with van der Waals surface area (Å²) in [7, 11) is 1.11. The van der Waals surface area contributed by atoms with Crippen molar-refractivity contribution in [3.8, 4) is 5.75 Å². The Morgan fingerprint density at radius 1 is 0.917 bits per heavy atom.